The van der Waals surface area contributed by atoms with Crippen molar-refractivity contribution in [2.45, 2.75) is 69.2 Å². The number of methoxy groups -OCH3 is 2. The Morgan fingerprint density at radius 3 is 2.00 bits per heavy atom. The Morgan fingerprint density at radius 2 is 1.53 bits per heavy atom. The van der Waals surface area contributed by atoms with E-state index in [2.05, 4.69) is 46.6 Å². The van der Waals surface area contributed by atoms with Crippen LogP contribution < -0.4 is 16.0 Å². The lowest BCUT2D eigenvalue weighted by Crippen LogP contribution is -2.60. The maximum Gasteiger partial charge on any atom is 0.243 e. The Morgan fingerprint density at radius 1 is 0.971 bits per heavy atom. The van der Waals surface area contributed by atoms with Gasteiger partial charge in [-0.05, 0) is 55.6 Å². The minimum atomic E-state index is -0.671. The van der Waals surface area contributed by atoms with Crippen molar-refractivity contribution in [2.24, 2.45) is 0 Å². The molecule has 1 saturated heterocycles. The van der Waals surface area contributed by atoms with Gasteiger partial charge in [-0.15, -0.1) is 23.5 Å². The van der Waals surface area contributed by atoms with Crippen LogP contribution in [0.5, 0.6) is 0 Å². The molecule has 2 unspecified atom stereocenters. The first-order valence-corrected chi connectivity index (χ1v) is 13.8. The molecule has 0 aromatic heterocycles. The first-order chi connectivity index (χ1) is 15.7. The van der Waals surface area contributed by atoms with E-state index in [4.69, 9.17) is 9.47 Å². The van der Waals surface area contributed by atoms with Gasteiger partial charge in [-0.25, -0.2) is 0 Å². The van der Waals surface area contributed by atoms with Gasteiger partial charge in [0.15, 0.2) is 0 Å². The average Bonchev–Trinajstić information content (AvgIpc) is 3.03. The minimum Gasteiger partial charge on any atom is -0.368 e. The molecule has 2 atom stereocenters. The highest BCUT2D eigenvalue weighted by Gasteiger charge is 2.44. The summed E-state index contributed by atoms with van der Waals surface area (Å²) in [5, 5.41) is 9.01. The predicted octanol–water partition coefficient (Wildman–Crippen LogP) is 1.39. The zero-order valence-electron chi connectivity index (χ0n) is 22.7. The number of thioether (sulfide) groups is 2. The number of rotatable bonds is 15. The molecule has 0 aromatic rings. The van der Waals surface area contributed by atoms with Crippen molar-refractivity contribution >= 4 is 35.3 Å². The van der Waals surface area contributed by atoms with E-state index in [0.717, 1.165) is 13.1 Å². The molecule has 1 aliphatic heterocycles. The number of amides is 2. The maximum atomic E-state index is 13.7. The zero-order valence-corrected chi connectivity index (χ0v) is 24.4. The van der Waals surface area contributed by atoms with E-state index in [-0.39, 0.29) is 17.5 Å². The topological polar surface area (TPSA) is 95.2 Å². The summed E-state index contributed by atoms with van der Waals surface area (Å²) in [7, 11) is 7.23. The molecule has 1 heterocycles. The number of hydrogen-bond acceptors (Lipinski definition) is 9. The Labute approximate surface area is 215 Å². The van der Waals surface area contributed by atoms with Gasteiger partial charge in [-0.1, -0.05) is 0 Å². The summed E-state index contributed by atoms with van der Waals surface area (Å²) in [6.45, 7) is 14.9. The van der Waals surface area contributed by atoms with Crippen molar-refractivity contribution in [3.8, 4) is 0 Å². The van der Waals surface area contributed by atoms with Crippen molar-refractivity contribution in [2.75, 3.05) is 66.0 Å². The molecule has 34 heavy (non-hydrogen) atoms. The molecule has 0 saturated carbocycles. The summed E-state index contributed by atoms with van der Waals surface area (Å²) >= 11 is 3.10. The second kappa shape index (κ2) is 13.7. The summed E-state index contributed by atoms with van der Waals surface area (Å²) in [5.74, 6) is 0.621. The first-order valence-electron chi connectivity index (χ1n) is 11.8. The number of nitrogens with one attached hydrogen (secondary N) is 3. The maximum absolute atomic E-state index is 13.7. The van der Waals surface area contributed by atoms with E-state index < -0.39 is 21.9 Å². The van der Waals surface area contributed by atoms with Crippen molar-refractivity contribution < 1.29 is 19.1 Å². The number of carbonyl (C=O) groups excluding carboxylic acids is 2. The predicted molar refractivity (Wildman–Crippen MR) is 143 cm³/mol. The molecular formula is C23H47N5O4S2. The average molecular weight is 522 g/mol. The van der Waals surface area contributed by atoms with E-state index in [1.807, 2.05) is 34.7 Å². The van der Waals surface area contributed by atoms with Crippen LogP contribution in [0.25, 0.3) is 0 Å². The van der Waals surface area contributed by atoms with E-state index >= 15 is 0 Å². The van der Waals surface area contributed by atoms with Crippen LogP contribution in [0.15, 0.2) is 0 Å². The Balaban J connectivity index is 3.09. The zero-order chi connectivity index (χ0) is 26.2. The van der Waals surface area contributed by atoms with Crippen molar-refractivity contribution in [1.82, 2.24) is 25.8 Å². The van der Waals surface area contributed by atoms with Crippen LogP contribution in [0.3, 0.4) is 0 Å². The van der Waals surface area contributed by atoms with Gasteiger partial charge in [-0.2, -0.15) is 0 Å². The number of hydrogen-bond donors (Lipinski definition) is 3. The molecule has 0 aliphatic carbocycles. The molecule has 0 spiro atoms. The Bertz CT molecular complexity index is 663. The fourth-order valence-corrected chi connectivity index (χ4v) is 5.36. The number of ether oxygens (including phenoxy) is 2. The molecule has 0 bridgehead atoms. The lowest BCUT2D eigenvalue weighted by atomic mass is 10.1. The molecule has 200 valence electrons. The van der Waals surface area contributed by atoms with Crippen LogP contribution in [0, 0.1) is 0 Å². The fraction of sp³-hybridized carbons (Fsp3) is 0.913. The monoisotopic (exact) mass is 521 g/mol. The van der Waals surface area contributed by atoms with Gasteiger partial charge in [0.25, 0.3) is 0 Å². The largest absolute Gasteiger partial charge is 0.368 e. The summed E-state index contributed by atoms with van der Waals surface area (Å²) in [5.41, 5.74) is -0.281. The standard InChI is InChI=1S/C23H47N5O4S2/c1-21(2)27(8)13-14-28(21)18(16-34-23(5,6)32-10)20(30)26-17(15-33-22(3,4)31-9)19(29)25-12-11-24-7/h17-18,24H,11-16H2,1-10H3,(H,25,29)(H,26,30). The highest BCUT2D eigenvalue weighted by Crippen LogP contribution is 2.32. The molecule has 1 aliphatic rings. The lowest BCUT2D eigenvalue weighted by Gasteiger charge is -2.41. The van der Waals surface area contributed by atoms with E-state index in [9.17, 15) is 9.59 Å². The van der Waals surface area contributed by atoms with Crippen LogP contribution in [-0.2, 0) is 19.1 Å². The SMILES string of the molecule is CNCCNC(=O)C(CSC(C)(C)OC)NC(=O)C(CSC(C)(C)OC)N1CCN(C)C1(C)C. The quantitative estimate of drug-likeness (QED) is 0.218. The van der Waals surface area contributed by atoms with E-state index in [1.54, 1.807) is 26.0 Å². The smallest absolute Gasteiger partial charge is 0.243 e. The van der Waals surface area contributed by atoms with Gasteiger partial charge in [-0.3, -0.25) is 19.4 Å². The van der Waals surface area contributed by atoms with Gasteiger partial charge < -0.3 is 25.4 Å². The van der Waals surface area contributed by atoms with E-state index in [1.165, 1.54) is 11.8 Å². The van der Waals surface area contributed by atoms with Crippen LogP contribution in [0.4, 0.5) is 0 Å². The number of carbonyl (C=O) groups is 2. The fourth-order valence-electron chi connectivity index (χ4n) is 3.43. The van der Waals surface area contributed by atoms with Crippen molar-refractivity contribution in [3.63, 3.8) is 0 Å². The van der Waals surface area contributed by atoms with Crippen LogP contribution in [0.2, 0.25) is 0 Å². The number of nitrogens with zero attached hydrogens (tertiary/aromatic N) is 2. The van der Waals surface area contributed by atoms with Gasteiger partial charge in [0.05, 0.1) is 11.7 Å². The minimum absolute atomic E-state index is 0.146. The molecule has 1 fully saturated rings. The first kappa shape index (κ1) is 31.5. The number of likely N-dealkylation sites (N-methyl/N-ethyl adjacent to an activating group) is 2. The van der Waals surface area contributed by atoms with Gasteiger partial charge in [0, 0.05) is 51.9 Å². The molecular weight excluding hydrogens is 474 g/mol. The third kappa shape index (κ3) is 9.48. The lowest BCUT2D eigenvalue weighted by molar-refractivity contribution is -0.132. The summed E-state index contributed by atoms with van der Waals surface area (Å²) in [6, 6.07) is -1.08. The van der Waals surface area contributed by atoms with Crippen LogP contribution >= 0.6 is 23.5 Å². The molecule has 11 heteroatoms. The van der Waals surface area contributed by atoms with Crippen molar-refractivity contribution in [3.05, 3.63) is 0 Å². The molecule has 3 N–H and O–H groups in total. The normalized spacial score (nSPS) is 19.1. The van der Waals surface area contributed by atoms with Gasteiger partial charge in [0.2, 0.25) is 11.8 Å². The second-order valence-electron chi connectivity index (χ2n) is 9.91. The summed E-state index contributed by atoms with van der Waals surface area (Å²) in [4.78, 5) is 30.3. The second-order valence-corrected chi connectivity index (χ2v) is 13.1. The third-order valence-electron chi connectivity index (χ3n) is 6.47. The third-order valence-corrected chi connectivity index (χ3v) is 9.18. The van der Waals surface area contributed by atoms with Crippen molar-refractivity contribution in [1.29, 1.82) is 0 Å². The Hall–Kier alpha value is -0.560. The Kier molecular flexibility index (Phi) is 12.6. The molecule has 9 nitrogen and oxygen atoms in total. The summed E-state index contributed by atoms with van der Waals surface area (Å²) in [6.07, 6.45) is 0. The molecule has 2 amide bonds. The summed E-state index contributed by atoms with van der Waals surface area (Å²) < 4.78 is 11.1. The molecule has 0 aromatic carbocycles. The van der Waals surface area contributed by atoms with Crippen LogP contribution in [0.1, 0.15) is 41.5 Å². The van der Waals surface area contributed by atoms with Gasteiger partial charge in [0.1, 0.15) is 15.9 Å². The van der Waals surface area contributed by atoms with Crippen LogP contribution in [-0.4, -0.2) is 115 Å². The highest BCUT2D eigenvalue weighted by atomic mass is 32.2. The van der Waals surface area contributed by atoms with Gasteiger partial charge >= 0.3 is 0 Å². The molecule has 1 rings (SSSR count). The highest BCUT2D eigenvalue weighted by molar-refractivity contribution is 8.00. The molecule has 0 radical (unpaired) electrons. The van der Waals surface area contributed by atoms with E-state index in [0.29, 0.717) is 24.6 Å².